The highest BCUT2D eigenvalue weighted by Crippen LogP contribution is 2.27. The van der Waals surface area contributed by atoms with E-state index in [0.29, 0.717) is 19.6 Å². The van der Waals surface area contributed by atoms with E-state index in [-0.39, 0.29) is 24.7 Å². The Morgan fingerprint density at radius 3 is 2.81 bits per heavy atom. The maximum atomic E-state index is 12.6. The fraction of sp³-hybridized carbons (Fsp3) is 0.652. The van der Waals surface area contributed by atoms with Crippen LogP contribution in [0.4, 0.5) is 5.13 Å². The topological polar surface area (TPSA) is 81.7 Å². The van der Waals surface area contributed by atoms with Crippen LogP contribution in [0.3, 0.4) is 0 Å². The lowest BCUT2D eigenvalue weighted by Gasteiger charge is -2.34. The van der Waals surface area contributed by atoms with Crippen LogP contribution in [0.5, 0.6) is 0 Å². The number of carbonyl (C=O) groups excluding carboxylic acids is 2. The summed E-state index contributed by atoms with van der Waals surface area (Å²) in [4.78, 5) is 41.2. The highest BCUT2D eigenvalue weighted by molar-refractivity contribution is 7.21. The first-order valence-corrected chi connectivity index (χ1v) is 12.6. The van der Waals surface area contributed by atoms with Crippen molar-refractivity contribution in [1.82, 2.24) is 25.1 Å². The molecule has 2 amide bonds. The summed E-state index contributed by atoms with van der Waals surface area (Å²) in [6.07, 6.45) is 5.91. The van der Waals surface area contributed by atoms with Crippen LogP contribution in [0.25, 0.3) is 10.3 Å². The van der Waals surface area contributed by atoms with Gasteiger partial charge in [0.1, 0.15) is 10.3 Å². The average molecular weight is 459 g/mol. The predicted molar refractivity (Wildman–Crippen MR) is 128 cm³/mol. The molecule has 1 N–H and O–H groups in total. The Morgan fingerprint density at radius 1 is 1.19 bits per heavy atom. The summed E-state index contributed by atoms with van der Waals surface area (Å²) in [5.74, 6) is 0.823. The van der Waals surface area contributed by atoms with Gasteiger partial charge in [0.25, 0.3) is 0 Å². The minimum atomic E-state index is -0.0222. The molecule has 1 atom stereocenters. The summed E-state index contributed by atoms with van der Waals surface area (Å²) in [7, 11) is 0. The predicted octanol–water partition coefficient (Wildman–Crippen LogP) is 2.36. The van der Waals surface area contributed by atoms with Gasteiger partial charge in [-0.15, -0.1) is 0 Å². The number of fused-ring (bicyclic) bond motifs is 1. The number of piperidine rings is 1. The number of thiazole rings is 1. The first-order valence-electron chi connectivity index (χ1n) is 11.8. The van der Waals surface area contributed by atoms with Gasteiger partial charge in [-0.3, -0.25) is 9.59 Å². The van der Waals surface area contributed by atoms with E-state index in [1.165, 1.54) is 25.9 Å². The summed E-state index contributed by atoms with van der Waals surface area (Å²) >= 11 is 1.59. The first-order chi connectivity index (χ1) is 15.6. The van der Waals surface area contributed by atoms with E-state index in [2.05, 4.69) is 32.0 Å². The molecule has 0 saturated carbocycles. The SMILES string of the molecule is CC1CCCN(CCCNC(=O)CCC(=O)N2CCN(c3nc4cccnc4s3)CC2)C1. The molecule has 2 saturated heterocycles. The minimum absolute atomic E-state index is 0.0222. The van der Waals surface area contributed by atoms with Crippen molar-refractivity contribution >= 4 is 38.6 Å². The second-order valence-electron chi connectivity index (χ2n) is 8.94. The van der Waals surface area contributed by atoms with Crippen molar-refractivity contribution in [1.29, 1.82) is 0 Å². The monoisotopic (exact) mass is 458 g/mol. The quantitative estimate of drug-likeness (QED) is 0.612. The van der Waals surface area contributed by atoms with Gasteiger partial charge >= 0.3 is 0 Å². The number of anilines is 1. The highest BCUT2D eigenvalue weighted by Gasteiger charge is 2.23. The van der Waals surface area contributed by atoms with E-state index in [1.54, 1.807) is 17.5 Å². The third-order valence-corrected chi connectivity index (χ3v) is 7.38. The molecule has 1 unspecified atom stereocenters. The van der Waals surface area contributed by atoms with Gasteiger partial charge in [-0.1, -0.05) is 18.3 Å². The van der Waals surface area contributed by atoms with Gasteiger partial charge in [0.2, 0.25) is 11.8 Å². The van der Waals surface area contributed by atoms with Gasteiger partial charge in [-0.2, -0.15) is 0 Å². The number of hydrogen-bond donors (Lipinski definition) is 1. The van der Waals surface area contributed by atoms with Crippen molar-refractivity contribution < 1.29 is 9.59 Å². The van der Waals surface area contributed by atoms with Gasteiger partial charge in [-0.25, -0.2) is 9.97 Å². The Bertz CT molecular complexity index is 878. The molecule has 2 fully saturated rings. The van der Waals surface area contributed by atoms with Gasteiger partial charge in [-0.05, 0) is 50.4 Å². The summed E-state index contributed by atoms with van der Waals surface area (Å²) in [6.45, 7) is 9.23. The number of aromatic nitrogens is 2. The molecule has 2 aliphatic heterocycles. The number of piperazine rings is 1. The number of carbonyl (C=O) groups is 2. The maximum absolute atomic E-state index is 12.6. The summed E-state index contributed by atoms with van der Waals surface area (Å²) in [5, 5.41) is 3.94. The van der Waals surface area contributed by atoms with Crippen LogP contribution in [-0.4, -0.2) is 83.9 Å². The summed E-state index contributed by atoms with van der Waals surface area (Å²) in [6, 6.07) is 3.87. The first kappa shape index (κ1) is 22.9. The Balaban J connectivity index is 1.11. The van der Waals surface area contributed by atoms with Gasteiger partial charge in [0.05, 0.1) is 0 Å². The second kappa shape index (κ2) is 11.0. The van der Waals surface area contributed by atoms with Crippen LogP contribution in [0, 0.1) is 5.92 Å². The van der Waals surface area contributed by atoms with E-state index < -0.39 is 0 Å². The highest BCUT2D eigenvalue weighted by atomic mass is 32.1. The number of pyridine rings is 1. The minimum Gasteiger partial charge on any atom is -0.356 e. The van der Waals surface area contributed by atoms with Gasteiger partial charge in [0.15, 0.2) is 5.13 Å². The Labute approximate surface area is 194 Å². The molecule has 0 bridgehead atoms. The second-order valence-corrected chi connectivity index (χ2v) is 9.90. The van der Waals surface area contributed by atoms with E-state index in [4.69, 9.17) is 0 Å². The number of hydrogen-bond acceptors (Lipinski definition) is 7. The zero-order valence-electron chi connectivity index (χ0n) is 19.0. The van der Waals surface area contributed by atoms with Crippen molar-refractivity contribution in [2.45, 2.75) is 39.0 Å². The molecule has 8 nitrogen and oxygen atoms in total. The molecular formula is C23H34N6O2S. The number of nitrogens with one attached hydrogen (secondary N) is 1. The molecule has 2 aromatic heterocycles. The number of likely N-dealkylation sites (tertiary alicyclic amines) is 1. The lowest BCUT2D eigenvalue weighted by Crippen LogP contribution is -2.49. The Morgan fingerprint density at radius 2 is 2.03 bits per heavy atom. The molecular weight excluding hydrogens is 424 g/mol. The van der Waals surface area contributed by atoms with Crippen molar-refractivity contribution in [3.8, 4) is 0 Å². The Hall–Kier alpha value is -2.26. The zero-order valence-corrected chi connectivity index (χ0v) is 19.8. The van der Waals surface area contributed by atoms with Crippen LogP contribution < -0.4 is 10.2 Å². The molecule has 4 heterocycles. The van der Waals surface area contributed by atoms with Crippen LogP contribution in [0.1, 0.15) is 39.0 Å². The van der Waals surface area contributed by atoms with Gasteiger partial charge in [0, 0.05) is 58.3 Å². The molecule has 174 valence electrons. The Kier molecular flexibility index (Phi) is 7.91. The lowest BCUT2D eigenvalue weighted by molar-refractivity contribution is -0.133. The molecule has 9 heteroatoms. The molecule has 4 rings (SSSR count). The van der Waals surface area contributed by atoms with Crippen molar-refractivity contribution in [3.63, 3.8) is 0 Å². The zero-order chi connectivity index (χ0) is 22.3. The smallest absolute Gasteiger partial charge is 0.223 e. The molecule has 32 heavy (non-hydrogen) atoms. The van der Waals surface area contributed by atoms with Gasteiger partial charge < -0.3 is 20.0 Å². The summed E-state index contributed by atoms with van der Waals surface area (Å²) in [5.41, 5.74) is 0.919. The van der Waals surface area contributed by atoms with Crippen LogP contribution in [0.15, 0.2) is 18.3 Å². The third-order valence-electron chi connectivity index (χ3n) is 6.34. The van der Waals surface area contributed by atoms with Crippen LogP contribution in [0.2, 0.25) is 0 Å². The molecule has 0 spiro atoms. The molecule has 0 aliphatic carbocycles. The number of amides is 2. The fourth-order valence-corrected chi connectivity index (χ4v) is 5.49. The maximum Gasteiger partial charge on any atom is 0.223 e. The third kappa shape index (κ3) is 6.16. The van der Waals surface area contributed by atoms with E-state index >= 15 is 0 Å². The van der Waals surface area contributed by atoms with Crippen molar-refractivity contribution in [2.24, 2.45) is 5.92 Å². The molecule has 2 aliphatic rings. The lowest BCUT2D eigenvalue weighted by atomic mass is 10.0. The molecule has 0 aromatic carbocycles. The number of rotatable bonds is 8. The molecule has 2 aromatic rings. The van der Waals surface area contributed by atoms with E-state index in [9.17, 15) is 9.59 Å². The van der Waals surface area contributed by atoms with E-state index in [1.807, 2.05) is 17.0 Å². The summed E-state index contributed by atoms with van der Waals surface area (Å²) < 4.78 is 0. The average Bonchev–Trinajstić information content (AvgIpc) is 3.25. The standard InChI is InChI=1S/C23H34N6O2S/c1-18-5-3-11-27(17-18)12-4-10-24-20(30)7-8-21(31)28-13-15-29(16-14-28)23-26-19-6-2-9-25-22(19)32-23/h2,6,9,18H,3-5,7-8,10-17H2,1H3,(H,24,30). The van der Waals surface area contributed by atoms with E-state index in [0.717, 1.165) is 47.5 Å². The van der Waals surface area contributed by atoms with Crippen molar-refractivity contribution in [3.05, 3.63) is 18.3 Å². The normalized spacial score (nSPS) is 20.0. The fourth-order valence-electron chi connectivity index (χ4n) is 4.53. The molecule has 0 radical (unpaired) electrons. The van der Waals surface area contributed by atoms with Crippen LogP contribution in [-0.2, 0) is 9.59 Å². The number of nitrogens with zero attached hydrogens (tertiary/aromatic N) is 5. The largest absolute Gasteiger partial charge is 0.356 e. The van der Waals surface area contributed by atoms with Crippen molar-refractivity contribution in [2.75, 3.05) is 57.3 Å². The van der Waals surface area contributed by atoms with Crippen LogP contribution >= 0.6 is 11.3 Å².